The third-order valence-electron chi connectivity index (χ3n) is 12.1. The van der Waals surface area contributed by atoms with Crippen LogP contribution in [0.2, 0.25) is 0 Å². The van der Waals surface area contributed by atoms with Gasteiger partial charge in [0, 0.05) is 6.42 Å². The molecule has 0 aliphatic heterocycles. The molecule has 1 amide bonds. The van der Waals surface area contributed by atoms with Crippen LogP contribution in [0.3, 0.4) is 0 Å². The maximum Gasteiger partial charge on any atom is 0.267 e. The average molecular weight is 560 g/mol. The van der Waals surface area contributed by atoms with Crippen molar-refractivity contribution >= 4 is 16.0 Å². The molecule has 0 bridgehead atoms. The first-order valence-electron chi connectivity index (χ1n) is 15.4. The van der Waals surface area contributed by atoms with Gasteiger partial charge in [-0.3, -0.25) is 9.35 Å². The number of nitrogens with one attached hydrogen (secondary N) is 1. The van der Waals surface area contributed by atoms with Crippen molar-refractivity contribution in [2.24, 2.45) is 46.3 Å². The summed E-state index contributed by atoms with van der Waals surface area (Å²) < 4.78 is 32.7. The predicted molar refractivity (Wildman–Crippen MR) is 153 cm³/mol. The number of fused-ring (bicyclic) bond motifs is 5. The smallest absolute Gasteiger partial charge is 0.267 e. The lowest BCUT2D eigenvalue weighted by Gasteiger charge is -2.61. The van der Waals surface area contributed by atoms with Crippen LogP contribution >= 0.6 is 0 Å². The molecule has 0 spiro atoms. The molecule has 1 aromatic carbocycles. The molecule has 0 unspecified atom stereocenters. The number of aliphatic hydroxyl groups is 1. The predicted octanol–water partition coefficient (Wildman–Crippen LogP) is 6.17. The Morgan fingerprint density at radius 1 is 1.00 bits per heavy atom. The second-order valence-corrected chi connectivity index (χ2v) is 15.6. The van der Waals surface area contributed by atoms with Crippen LogP contribution in [0, 0.1) is 46.3 Å². The van der Waals surface area contributed by atoms with Crippen molar-refractivity contribution in [1.29, 1.82) is 0 Å². The lowest BCUT2D eigenvalue weighted by molar-refractivity contribution is -0.130. The molecule has 39 heavy (non-hydrogen) atoms. The van der Waals surface area contributed by atoms with Gasteiger partial charge in [0.25, 0.3) is 10.1 Å². The highest BCUT2D eigenvalue weighted by Gasteiger charge is 2.60. The topological polar surface area (TPSA) is 104 Å². The lowest BCUT2D eigenvalue weighted by Crippen LogP contribution is -2.54. The van der Waals surface area contributed by atoms with Crippen LogP contribution in [0.1, 0.15) is 103 Å². The van der Waals surface area contributed by atoms with E-state index in [1.54, 1.807) is 24.3 Å². The van der Waals surface area contributed by atoms with E-state index >= 15 is 0 Å². The van der Waals surface area contributed by atoms with Crippen molar-refractivity contribution in [2.45, 2.75) is 104 Å². The monoisotopic (exact) mass is 559 g/mol. The first kappa shape index (κ1) is 29.1. The number of aliphatic hydroxyl groups excluding tert-OH is 1. The van der Waals surface area contributed by atoms with Gasteiger partial charge >= 0.3 is 0 Å². The molecule has 0 saturated heterocycles. The number of rotatable bonds is 8. The Morgan fingerprint density at radius 3 is 2.41 bits per heavy atom. The summed E-state index contributed by atoms with van der Waals surface area (Å²) in [4.78, 5) is 13.0. The quantitative estimate of drug-likeness (QED) is 0.331. The van der Waals surface area contributed by atoms with E-state index in [0.717, 1.165) is 37.0 Å². The van der Waals surface area contributed by atoms with Crippen LogP contribution in [0.5, 0.6) is 0 Å². The van der Waals surface area contributed by atoms with Gasteiger partial charge < -0.3 is 10.4 Å². The molecule has 4 saturated carbocycles. The summed E-state index contributed by atoms with van der Waals surface area (Å²) in [6.45, 7) is 7.39. The molecule has 4 aliphatic rings. The van der Waals surface area contributed by atoms with Gasteiger partial charge in [-0.05, 0) is 116 Å². The highest BCUT2D eigenvalue weighted by atomic mass is 32.2. The van der Waals surface area contributed by atoms with Crippen LogP contribution in [0.15, 0.2) is 30.3 Å². The van der Waals surface area contributed by atoms with Crippen molar-refractivity contribution in [3.05, 3.63) is 35.9 Å². The Kier molecular flexibility index (Phi) is 8.27. The van der Waals surface area contributed by atoms with Crippen molar-refractivity contribution in [3.8, 4) is 0 Å². The molecule has 7 heteroatoms. The molecule has 4 fully saturated rings. The summed E-state index contributed by atoms with van der Waals surface area (Å²) in [6.07, 6.45) is 11.9. The minimum atomic E-state index is -4.23. The largest absolute Gasteiger partial charge is 0.393 e. The standard InChI is InChI=1S/C32H49NO5S/c1-21(9-14-30(35)33-29(20-39(36,37)38)22-7-5-4-6-8-22)26-12-13-27-25-11-10-23-19-24(34)15-17-31(23,2)28(25)16-18-32(26,27)3/h4-8,21,23-29,34H,9-20H2,1-3H3,(H,33,35)(H,36,37,38)/t21-,23-,24-,25+,26-,27+,28+,29-,31+,32-/m1/s1. The van der Waals surface area contributed by atoms with Gasteiger partial charge in [-0.1, -0.05) is 51.1 Å². The van der Waals surface area contributed by atoms with Crippen molar-refractivity contribution < 1.29 is 22.9 Å². The zero-order chi connectivity index (χ0) is 28.0. The van der Waals surface area contributed by atoms with Crippen LogP contribution < -0.4 is 5.32 Å². The van der Waals surface area contributed by atoms with E-state index in [2.05, 4.69) is 26.1 Å². The lowest BCUT2D eigenvalue weighted by atomic mass is 9.44. The Morgan fingerprint density at radius 2 is 1.69 bits per heavy atom. The molecule has 0 radical (unpaired) electrons. The summed E-state index contributed by atoms with van der Waals surface area (Å²) in [6, 6.07) is 8.24. The van der Waals surface area contributed by atoms with Gasteiger partial charge in [0.15, 0.2) is 0 Å². The van der Waals surface area contributed by atoms with E-state index in [9.17, 15) is 22.9 Å². The van der Waals surface area contributed by atoms with E-state index in [1.807, 2.05) is 6.07 Å². The zero-order valence-corrected chi connectivity index (χ0v) is 24.8. The Hall–Kier alpha value is -1.44. The first-order valence-corrected chi connectivity index (χ1v) is 17.0. The second kappa shape index (κ2) is 11.1. The van der Waals surface area contributed by atoms with Gasteiger partial charge in [0.1, 0.15) is 0 Å². The summed E-state index contributed by atoms with van der Waals surface area (Å²) in [5, 5.41) is 13.2. The van der Waals surface area contributed by atoms with E-state index in [1.165, 1.54) is 44.9 Å². The van der Waals surface area contributed by atoms with Crippen LogP contribution in [-0.2, 0) is 14.9 Å². The minimum absolute atomic E-state index is 0.0987. The van der Waals surface area contributed by atoms with Crippen molar-refractivity contribution in [1.82, 2.24) is 5.32 Å². The maximum absolute atomic E-state index is 13.0. The molecule has 4 aliphatic carbocycles. The van der Waals surface area contributed by atoms with Crippen molar-refractivity contribution in [3.63, 3.8) is 0 Å². The van der Waals surface area contributed by atoms with Crippen molar-refractivity contribution in [2.75, 3.05) is 5.75 Å². The average Bonchev–Trinajstić information content (AvgIpc) is 3.24. The molecule has 10 atom stereocenters. The van der Waals surface area contributed by atoms with Gasteiger partial charge in [0.2, 0.25) is 5.91 Å². The normalized spacial score (nSPS) is 39.6. The molecular formula is C32H49NO5S. The molecule has 218 valence electrons. The Balaban J connectivity index is 1.20. The van der Waals surface area contributed by atoms with Gasteiger partial charge in [-0.15, -0.1) is 0 Å². The number of carbonyl (C=O) groups excluding carboxylic acids is 1. The number of benzene rings is 1. The number of carbonyl (C=O) groups is 1. The molecule has 5 rings (SSSR count). The van der Waals surface area contributed by atoms with Gasteiger partial charge in [-0.25, -0.2) is 0 Å². The molecule has 1 aromatic rings. The fourth-order valence-electron chi connectivity index (χ4n) is 10.2. The zero-order valence-electron chi connectivity index (χ0n) is 24.0. The Labute approximate surface area is 235 Å². The number of hydrogen-bond donors (Lipinski definition) is 3. The van der Waals surface area contributed by atoms with Crippen LogP contribution in [0.4, 0.5) is 0 Å². The van der Waals surface area contributed by atoms with E-state index in [0.29, 0.717) is 40.6 Å². The number of amides is 1. The first-order chi connectivity index (χ1) is 18.4. The Bertz CT molecular complexity index is 1120. The van der Waals surface area contributed by atoms with E-state index in [-0.39, 0.29) is 12.0 Å². The van der Waals surface area contributed by atoms with Gasteiger partial charge in [0.05, 0.1) is 17.9 Å². The van der Waals surface area contributed by atoms with Crippen LogP contribution in [-0.4, -0.2) is 35.8 Å². The van der Waals surface area contributed by atoms with Gasteiger partial charge in [-0.2, -0.15) is 8.42 Å². The SMILES string of the molecule is C[C@H](CCC(=O)N[C@H](CS(=O)(=O)O)c1ccccc1)[C@H]1CC[C@H]2[C@@H]3CC[C@@H]4C[C@H](O)CC[C@]4(C)[C@H]3CC[C@]12C. The van der Waals surface area contributed by atoms with E-state index in [4.69, 9.17) is 0 Å². The van der Waals surface area contributed by atoms with Crippen LogP contribution in [0.25, 0.3) is 0 Å². The molecule has 0 aromatic heterocycles. The third kappa shape index (κ3) is 5.83. The summed E-state index contributed by atoms with van der Waals surface area (Å²) >= 11 is 0. The highest BCUT2D eigenvalue weighted by molar-refractivity contribution is 7.85. The number of hydrogen-bond acceptors (Lipinski definition) is 4. The molecule has 0 heterocycles. The minimum Gasteiger partial charge on any atom is -0.393 e. The third-order valence-corrected chi connectivity index (χ3v) is 12.9. The second-order valence-electron chi connectivity index (χ2n) is 14.1. The fraction of sp³-hybridized carbons (Fsp3) is 0.781. The molecular weight excluding hydrogens is 510 g/mol. The fourth-order valence-corrected chi connectivity index (χ4v) is 10.9. The maximum atomic E-state index is 13.0. The summed E-state index contributed by atoms with van der Waals surface area (Å²) in [7, 11) is -4.23. The van der Waals surface area contributed by atoms with E-state index < -0.39 is 21.9 Å². The highest BCUT2D eigenvalue weighted by Crippen LogP contribution is 2.68. The summed E-state index contributed by atoms with van der Waals surface area (Å²) in [5.41, 5.74) is 1.39. The molecule has 6 nitrogen and oxygen atoms in total. The molecule has 3 N–H and O–H groups in total. The summed E-state index contributed by atoms with van der Waals surface area (Å²) in [5.74, 6) is 3.39.